The standard InChI is InChI=1S/C20H15F3N2O3/c21-20(22,23)16-9-6-15(7-10-16)8-11-19(27)28-14-18(26)25(13-12-24)17-4-2-1-3-5-17/h1-11H,13-14H2/b11-8+. The van der Waals surface area contributed by atoms with Gasteiger partial charge in [0.05, 0.1) is 11.6 Å². The summed E-state index contributed by atoms with van der Waals surface area (Å²) in [5.41, 5.74) is 0.0633. The van der Waals surface area contributed by atoms with E-state index in [1.54, 1.807) is 30.3 Å². The fourth-order valence-corrected chi connectivity index (χ4v) is 2.21. The number of nitrogens with zero attached hydrogens (tertiary/aromatic N) is 2. The van der Waals surface area contributed by atoms with E-state index in [1.807, 2.05) is 6.07 Å². The van der Waals surface area contributed by atoms with Gasteiger partial charge in [-0.1, -0.05) is 30.3 Å². The number of carbonyl (C=O) groups is 2. The van der Waals surface area contributed by atoms with Gasteiger partial charge in [0.15, 0.2) is 6.61 Å². The number of nitriles is 1. The lowest BCUT2D eigenvalue weighted by molar-refractivity contribution is -0.142. The van der Waals surface area contributed by atoms with Crippen molar-refractivity contribution in [2.45, 2.75) is 6.18 Å². The Kier molecular flexibility index (Phi) is 6.93. The Morgan fingerprint density at radius 2 is 1.71 bits per heavy atom. The van der Waals surface area contributed by atoms with E-state index in [4.69, 9.17) is 10.00 Å². The third-order valence-electron chi connectivity index (χ3n) is 3.59. The predicted molar refractivity (Wildman–Crippen MR) is 95.8 cm³/mol. The van der Waals surface area contributed by atoms with Crippen molar-refractivity contribution in [3.05, 3.63) is 71.8 Å². The van der Waals surface area contributed by atoms with Crippen LogP contribution in [-0.2, 0) is 20.5 Å². The van der Waals surface area contributed by atoms with E-state index < -0.39 is 30.2 Å². The highest BCUT2D eigenvalue weighted by Crippen LogP contribution is 2.29. The molecule has 28 heavy (non-hydrogen) atoms. The quantitative estimate of drug-likeness (QED) is 0.429. The van der Waals surface area contributed by atoms with Crippen LogP contribution in [0.4, 0.5) is 18.9 Å². The summed E-state index contributed by atoms with van der Waals surface area (Å²) in [6.45, 7) is -0.783. The van der Waals surface area contributed by atoms with Crippen molar-refractivity contribution >= 4 is 23.6 Å². The second-order valence-electron chi connectivity index (χ2n) is 5.53. The van der Waals surface area contributed by atoms with Gasteiger partial charge in [0.2, 0.25) is 0 Å². The molecule has 0 fully saturated rings. The van der Waals surface area contributed by atoms with Gasteiger partial charge < -0.3 is 4.74 Å². The van der Waals surface area contributed by atoms with Crippen molar-refractivity contribution in [2.75, 3.05) is 18.1 Å². The largest absolute Gasteiger partial charge is 0.452 e. The van der Waals surface area contributed by atoms with Crippen LogP contribution < -0.4 is 4.90 Å². The summed E-state index contributed by atoms with van der Waals surface area (Å²) >= 11 is 0. The predicted octanol–water partition coefficient (Wildman–Crippen LogP) is 3.82. The van der Waals surface area contributed by atoms with Gasteiger partial charge in [0, 0.05) is 11.8 Å². The molecule has 0 aliphatic heterocycles. The van der Waals surface area contributed by atoms with E-state index in [2.05, 4.69) is 0 Å². The van der Waals surface area contributed by atoms with Crippen molar-refractivity contribution in [2.24, 2.45) is 0 Å². The fourth-order valence-electron chi connectivity index (χ4n) is 2.21. The van der Waals surface area contributed by atoms with Crippen LogP contribution in [0.15, 0.2) is 60.7 Å². The van der Waals surface area contributed by atoms with Crippen LogP contribution in [0, 0.1) is 11.3 Å². The zero-order valence-electron chi connectivity index (χ0n) is 14.5. The monoisotopic (exact) mass is 388 g/mol. The van der Waals surface area contributed by atoms with Gasteiger partial charge in [-0.2, -0.15) is 18.4 Å². The number of alkyl halides is 3. The minimum absolute atomic E-state index is 0.207. The minimum atomic E-state index is -4.43. The van der Waals surface area contributed by atoms with E-state index in [1.165, 1.54) is 23.1 Å². The molecule has 2 aromatic rings. The maximum Gasteiger partial charge on any atom is 0.416 e. The molecule has 0 aliphatic rings. The molecule has 0 atom stereocenters. The molecule has 0 spiro atoms. The average molecular weight is 388 g/mol. The second-order valence-corrected chi connectivity index (χ2v) is 5.53. The Balaban J connectivity index is 1.93. The Labute approximate surface area is 159 Å². The van der Waals surface area contributed by atoms with Gasteiger partial charge in [0.1, 0.15) is 6.54 Å². The van der Waals surface area contributed by atoms with E-state index in [-0.39, 0.29) is 6.54 Å². The highest BCUT2D eigenvalue weighted by atomic mass is 19.4. The molecule has 0 radical (unpaired) electrons. The SMILES string of the molecule is N#CCN(C(=O)COC(=O)/C=C/c1ccc(C(F)(F)F)cc1)c1ccccc1. The molecule has 0 bridgehead atoms. The summed E-state index contributed by atoms with van der Waals surface area (Å²) in [5, 5.41) is 8.87. The summed E-state index contributed by atoms with van der Waals surface area (Å²) in [5.74, 6) is -1.41. The third kappa shape index (κ3) is 5.99. The maximum atomic E-state index is 12.5. The van der Waals surface area contributed by atoms with Crippen LogP contribution in [0.3, 0.4) is 0 Å². The number of ether oxygens (including phenoxy) is 1. The molecule has 0 aliphatic carbocycles. The number of carbonyl (C=O) groups excluding carboxylic acids is 2. The molecule has 5 nitrogen and oxygen atoms in total. The first kappa shape index (κ1) is 20.7. The minimum Gasteiger partial charge on any atom is -0.452 e. The first-order valence-corrected chi connectivity index (χ1v) is 8.05. The number of benzene rings is 2. The van der Waals surface area contributed by atoms with Crippen LogP contribution in [-0.4, -0.2) is 25.0 Å². The second kappa shape index (κ2) is 9.37. The van der Waals surface area contributed by atoms with Gasteiger partial charge in [-0.15, -0.1) is 0 Å². The molecule has 2 rings (SSSR count). The topological polar surface area (TPSA) is 70.4 Å². The Morgan fingerprint density at radius 1 is 1.07 bits per heavy atom. The number of esters is 1. The van der Waals surface area contributed by atoms with Crippen molar-refractivity contribution < 1.29 is 27.5 Å². The Morgan fingerprint density at radius 3 is 2.29 bits per heavy atom. The first-order chi connectivity index (χ1) is 13.3. The van der Waals surface area contributed by atoms with Gasteiger partial charge in [-0.05, 0) is 35.9 Å². The highest BCUT2D eigenvalue weighted by Gasteiger charge is 2.29. The number of halogens is 3. The third-order valence-corrected chi connectivity index (χ3v) is 3.59. The number of anilines is 1. The number of rotatable bonds is 6. The number of para-hydroxylation sites is 1. The van der Waals surface area contributed by atoms with Crippen LogP contribution in [0.1, 0.15) is 11.1 Å². The number of amides is 1. The van der Waals surface area contributed by atoms with Gasteiger partial charge in [-0.3, -0.25) is 9.69 Å². The molecular formula is C20H15F3N2O3. The lowest BCUT2D eigenvalue weighted by Crippen LogP contribution is -2.34. The van der Waals surface area contributed by atoms with E-state index in [0.29, 0.717) is 11.3 Å². The normalized spacial score (nSPS) is 11.1. The molecule has 0 unspecified atom stereocenters. The molecule has 144 valence electrons. The van der Waals surface area contributed by atoms with Crippen molar-refractivity contribution in [1.29, 1.82) is 5.26 Å². The zero-order chi connectivity index (χ0) is 20.6. The van der Waals surface area contributed by atoms with Crippen molar-refractivity contribution in [3.8, 4) is 6.07 Å². The Bertz CT molecular complexity index is 886. The van der Waals surface area contributed by atoms with E-state index >= 15 is 0 Å². The summed E-state index contributed by atoms with van der Waals surface area (Å²) in [7, 11) is 0. The van der Waals surface area contributed by atoms with Gasteiger partial charge >= 0.3 is 12.1 Å². The van der Waals surface area contributed by atoms with Crippen LogP contribution in [0.5, 0.6) is 0 Å². The summed E-state index contributed by atoms with van der Waals surface area (Å²) in [4.78, 5) is 25.1. The Hall–Kier alpha value is -3.60. The molecular weight excluding hydrogens is 373 g/mol. The fraction of sp³-hybridized carbons (Fsp3) is 0.150. The number of hydrogen-bond donors (Lipinski definition) is 0. The average Bonchev–Trinajstić information content (AvgIpc) is 2.69. The van der Waals surface area contributed by atoms with Crippen molar-refractivity contribution in [3.63, 3.8) is 0 Å². The van der Waals surface area contributed by atoms with Gasteiger partial charge in [-0.25, -0.2) is 4.79 Å². The highest BCUT2D eigenvalue weighted by molar-refractivity contribution is 5.96. The molecule has 0 heterocycles. The molecule has 0 N–H and O–H groups in total. The molecule has 8 heteroatoms. The maximum absolute atomic E-state index is 12.5. The van der Waals surface area contributed by atoms with E-state index in [0.717, 1.165) is 18.2 Å². The zero-order valence-corrected chi connectivity index (χ0v) is 14.5. The van der Waals surface area contributed by atoms with Crippen LogP contribution in [0.25, 0.3) is 6.08 Å². The molecule has 0 aromatic heterocycles. The lowest BCUT2D eigenvalue weighted by atomic mass is 10.1. The van der Waals surface area contributed by atoms with Gasteiger partial charge in [0.25, 0.3) is 5.91 Å². The molecule has 0 saturated carbocycles. The summed E-state index contributed by atoms with van der Waals surface area (Å²) in [6, 6.07) is 14.5. The molecule has 0 saturated heterocycles. The van der Waals surface area contributed by atoms with Crippen LogP contribution >= 0.6 is 0 Å². The summed E-state index contributed by atoms with van der Waals surface area (Å²) < 4.78 is 42.4. The molecule has 1 amide bonds. The van der Waals surface area contributed by atoms with E-state index in [9.17, 15) is 22.8 Å². The lowest BCUT2D eigenvalue weighted by Gasteiger charge is -2.19. The number of hydrogen-bond acceptors (Lipinski definition) is 4. The van der Waals surface area contributed by atoms with Crippen LogP contribution in [0.2, 0.25) is 0 Å². The first-order valence-electron chi connectivity index (χ1n) is 8.05. The smallest absolute Gasteiger partial charge is 0.416 e. The molecule has 2 aromatic carbocycles. The van der Waals surface area contributed by atoms with Crippen molar-refractivity contribution in [1.82, 2.24) is 0 Å². The summed E-state index contributed by atoms with van der Waals surface area (Å²) in [6.07, 6.45) is -2.15.